The summed E-state index contributed by atoms with van der Waals surface area (Å²) in [7, 11) is 0. The van der Waals surface area contributed by atoms with Crippen molar-refractivity contribution in [3.05, 3.63) is 28.2 Å². The number of hydrogen-bond acceptors (Lipinski definition) is 4. The number of carbonyl (C=O) groups excluding carboxylic acids is 1. The summed E-state index contributed by atoms with van der Waals surface area (Å²) in [6, 6.07) is 2.65. The Morgan fingerprint density at radius 1 is 1.44 bits per heavy atom. The Bertz CT molecular complexity index is 457. The van der Waals surface area contributed by atoms with Crippen molar-refractivity contribution >= 4 is 5.91 Å². The minimum Gasteiger partial charge on any atom is -0.396 e. The van der Waals surface area contributed by atoms with Crippen LogP contribution in [0.25, 0.3) is 0 Å². The van der Waals surface area contributed by atoms with E-state index in [1.165, 1.54) is 12.1 Å². The molecule has 1 amide bonds. The molecule has 0 saturated heterocycles. The van der Waals surface area contributed by atoms with Gasteiger partial charge in [-0.05, 0) is 18.9 Å². The second kappa shape index (κ2) is 5.30. The van der Waals surface area contributed by atoms with Gasteiger partial charge in [-0.15, -0.1) is 0 Å². The van der Waals surface area contributed by atoms with E-state index in [1.807, 2.05) is 0 Å². The van der Waals surface area contributed by atoms with E-state index in [1.54, 1.807) is 0 Å². The van der Waals surface area contributed by atoms with Gasteiger partial charge in [-0.1, -0.05) is 12.8 Å². The molecule has 1 fully saturated rings. The number of amides is 1. The van der Waals surface area contributed by atoms with Crippen molar-refractivity contribution < 1.29 is 9.90 Å². The fourth-order valence-electron chi connectivity index (χ4n) is 2.35. The fourth-order valence-corrected chi connectivity index (χ4v) is 2.35. The molecule has 0 radical (unpaired) electrons. The first kappa shape index (κ1) is 12.8. The largest absolute Gasteiger partial charge is 0.396 e. The highest BCUT2D eigenvalue weighted by molar-refractivity contribution is 5.91. The molecule has 1 aromatic heterocycles. The maximum atomic E-state index is 11.8. The Balaban J connectivity index is 1.95. The third-order valence-electron chi connectivity index (χ3n) is 3.54. The molecule has 1 aliphatic rings. The average molecular weight is 251 g/mol. The summed E-state index contributed by atoms with van der Waals surface area (Å²) >= 11 is 0. The molecule has 0 aromatic carbocycles. The van der Waals surface area contributed by atoms with Crippen molar-refractivity contribution in [2.75, 3.05) is 13.2 Å². The van der Waals surface area contributed by atoms with E-state index < -0.39 is 0 Å². The molecule has 1 saturated carbocycles. The number of aromatic nitrogens is 2. The molecular weight excluding hydrogens is 234 g/mol. The first-order valence-corrected chi connectivity index (χ1v) is 6.10. The standard InChI is InChI=1S/C12H17N3O3/c16-8-12(5-1-2-6-12)7-13-11(18)9-3-4-10(17)15-14-9/h3-4,16H,1-2,5-8H2,(H,13,18)(H,15,17). The van der Waals surface area contributed by atoms with Crippen molar-refractivity contribution in [3.63, 3.8) is 0 Å². The number of aliphatic hydroxyl groups is 1. The Hall–Kier alpha value is -1.69. The molecule has 6 nitrogen and oxygen atoms in total. The van der Waals surface area contributed by atoms with Crippen molar-refractivity contribution in [2.45, 2.75) is 25.7 Å². The molecule has 3 N–H and O–H groups in total. The molecule has 2 rings (SSSR count). The molecule has 1 heterocycles. The van der Waals surface area contributed by atoms with Gasteiger partial charge in [0.2, 0.25) is 0 Å². The van der Waals surface area contributed by atoms with Crippen LogP contribution in [0.1, 0.15) is 36.2 Å². The predicted molar refractivity (Wildman–Crippen MR) is 65.2 cm³/mol. The van der Waals surface area contributed by atoms with Crippen LogP contribution in [-0.2, 0) is 0 Å². The second-order valence-corrected chi connectivity index (χ2v) is 4.85. The van der Waals surface area contributed by atoms with Crippen LogP contribution < -0.4 is 10.9 Å². The normalized spacial score (nSPS) is 17.6. The molecule has 18 heavy (non-hydrogen) atoms. The molecule has 0 atom stereocenters. The number of aromatic amines is 1. The summed E-state index contributed by atoms with van der Waals surface area (Å²) in [6.07, 6.45) is 4.05. The van der Waals surface area contributed by atoms with Crippen LogP contribution in [0.2, 0.25) is 0 Å². The van der Waals surface area contributed by atoms with Gasteiger partial charge in [0.25, 0.3) is 11.5 Å². The summed E-state index contributed by atoms with van der Waals surface area (Å²) in [6.45, 7) is 0.537. The lowest BCUT2D eigenvalue weighted by atomic mass is 9.87. The van der Waals surface area contributed by atoms with Crippen LogP contribution in [0.15, 0.2) is 16.9 Å². The van der Waals surface area contributed by atoms with Crippen LogP contribution in [0.4, 0.5) is 0 Å². The first-order chi connectivity index (χ1) is 8.65. The summed E-state index contributed by atoms with van der Waals surface area (Å²) in [5.74, 6) is -0.328. The SMILES string of the molecule is O=C(NCC1(CO)CCCC1)c1ccc(=O)[nH]n1. The third kappa shape index (κ3) is 2.76. The zero-order valence-electron chi connectivity index (χ0n) is 10.1. The topological polar surface area (TPSA) is 95.1 Å². The molecule has 0 unspecified atom stereocenters. The maximum Gasteiger partial charge on any atom is 0.271 e. The van der Waals surface area contributed by atoms with Gasteiger partial charge in [0.1, 0.15) is 5.69 Å². The summed E-state index contributed by atoms with van der Waals surface area (Å²) in [5.41, 5.74) is -0.340. The highest BCUT2D eigenvalue weighted by atomic mass is 16.3. The predicted octanol–water partition coefficient (Wildman–Crippen LogP) is 0.0524. The van der Waals surface area contributed by atoms with E-state index >= 15 is 0 Å². The van der Waals surface area contributed by atoms with Gasteiger partial charge in [0.05, 0.1) is 6.61 Å². The second-order valence-electron chi connectivity index (χ2n) is 4.85. The van der Waals surface area contributed by atoms with Gasteiger partial charge < -0.3 is 10.4 Å². The van der Waals surface area contributed by atoms with E-state index in [0.717, 1.165) is 25.7 Å². The van der Waals surface area contributed by atoms with Crippen molar-refractivity contribution in [1.82, 2.24) is 15.5 Å². The third-order valence-corrected chi connectivity index (χ3v) is 3.54. The smallest absolute Gasteiger partial charge is 0.271 e. The number of hydrogen-bond donors (Lipinski definition) is 3. The van der Waals surface area contributed by atoms with Crippen LogP contribution in [0, 0.1) is 5.41 Å². The van der Waals surface area contributed by atoms with Gasteiger partial charge in [-0.2, -0.15) is 5.10 Å². The molecule has 0 spiro atoms. The molecule has 6 heteroatoms. The van der Waals surface area contributed by atoms with Crippen molar-refractivity contribution in [1.29, 1.82) is 0 Å². The number of rotatable bonds is 4. The monoisotopic (exact) mass is 251 g/mol. The number of nitrogens with zero attached hydrogens (tertiary/aromatic N) is 1. The van der Waals surface area contributed by atoms with Gasteiger partial charge in [-0.3, -0.25) is 9.59 Å². The number of aliphatic hydroxyl groups excluding tert-OH is 1. The zero-order chi connectivity index (χ0) is 13.0. The Morgan fingerprint density at radius 2 is 2.17 bits per heavy atom. The van der Waals surface area contributed by atoms with Crippen LogP contribution in [0.5, 0.6) is 0 Å². The lowest BCUT2D eigenvalue weighted by Crippen LogP contribution is -2.38. The van der Waals surface area contributed by atoms with E-state index in [4.69, 9.17) is 0 Å². The van der Waals surface area contributed by atoms with Crippen LogP contribution in [-0.4, -0.2) is 34.4 Å². The quantitative estimate of drug-likeness (QED) is 0.704. The minimum atomic E-state index is -0.339. The zero-order valence-corrected chi connectivity index (χ0v) is 10.1. The van der Waals surface area contributed by atoms with Crippen LogP contribution in [0.3, 0.4) is 0 Å². The summed E-state index contributed by atoms with van der Waals surface area (Å²) < 4.78 is 0. The Labute approximate surface area is 104 Å². The summed E-state index contributed by atoms with van der Waals surface area (Å²) in [5, 5.41) is 18.1. The van der Waals surface area contributed by atoms with Crippen molar-refractivity contribution in [2.24, 2.45) is 5.41 Å². The maximum absolute atomic E-state index is 11.8. The molecule has 1 aliphatic carbocycles. The molecule has 1 aromatic rings. The molecule has 98 valence electrons. The Kier molecular flexibility index (Phi) is 3.76. The fraction of sp³-hybridized carbons (Fsp3) is 0.583. The lowest BCUT2D eigenvalue weighted by molar-refractivity contribution is 0.0875. The van der Waals surface area contributed by atoms with Gasteiger partial charge in [-0.25, -0.2) is 5.10 Å². The van der Waals surface area contributed by atoms with Crippen LogP contribution >= 0.6 is 0 Å². The molecule has 0 aliphatic heterocycles. The van der Waals surface area contributed by atoms with Gasteiger partial charge in [0.15, 0.2) is 0 Å². The number of carbonyl (C=O) groups is 1. The highest BCUT2D eigenvalue weighted by Gasteiger charge is 2.33. The minimum absolute atomic E-state index is 0.0896. The Morgan fingerprint density at radius 3 is 2.72 bits per heavy atom. The van der Waals surface area contributed by atoms with E-state index in [2.05, 4.69) is 15.5 Å². The van der Waals surface area contributed by atoms with E-state index in [-0.39, 0.29) is 29.2 Å². The van der Waals surface area contributed by atoms with Gasteiger partial charge in [0, 0.05) is 18.0 Å². The number of nitrogens with one attached hydrogen (secondary N) is 2. The lowest BCUT2D eigenvalue weighted by Gasteiger charge is -2.26. The average Bonchev–Trinajstić information content (AvgIpc) is 2.86. The molecule has 0 bridgehead atoms. The number of H-pyrrole nitrogens is 1. The van der Waals surface area contributed by atoms with Gasteiger partial charge >= 0.3 is 0 Å². The first-order valence-electron chi connectivity index (χ1n) is 6.10. The highest BCUT2D eigenvalue weighted by Crippen LogP contribution is 2.36. The van der Waals surface area contributed by atoms with E-state index in [0.29, 0.717) is 6.54 Å². The molecular formula is C12H17N3O3. The summed E-state index contributed by atoms with van der Waals surface area (Å²) in [4.78, 5) is 22.6. The van der Waals surface area contributed by atoms with E-state index in [9.17, 15) is 14.7 Å². The van der Waals surface area contributed by atoms with Crippen molar-refractivity contribution in [3.8, 4) is 0 Å².